The summed E-state index contributed by atoms with van der Waals surface area (Å²) in [6.45, 7) is 4.82. The molecule has 200 valence electrons. The van der Waals surface area contributed by atoms with Crippen molar-refractivity contribution in [1.82, 2.24) is 9.88 Å². The number of carbonyl (C=O) groups excluding carboxylic acids is 1. The summed E-state index contributed by atoms with van der Waals surface area (Å²) in [5.74, 6) is 1.29. The first-order valence-electron chi connectivity index (χ1n) is 13.3. The van der Waals surface area contributed by atoms with E-state index >= 15 is 0 Å². The third-order valence-corrected chi connectivity index (χ3v) is 7.83. The van der Waals surface area contributed by atoms with Crippen LogP contribution in [0.1, 0.15) is 36.0 Å². The van der Waals surface area contributed by atoms with Crippen LogP contribution in [0, 0.1) is 10.1 Å². The SMILES string of the molecule is CCc1cccc2c([C@H](CC(=O)N3CCN(c4ccc([N+](=O)[O-])cc4)CC3)c3cccc4c3OCO4)c[nH]c12. The molecule has 39 heavy (non-hydrogen) atoms. The highest BCUT2D eigenvalue weighted by molar-refractivity contribution is 5.88. The van der Waals surface area contributed by atoms with Crippen molar-refractivity contribution in [2.45, 2.75) is 25.7 Å². The number of amides is 1. The zero-order chi connectivity index (χ0) is 26.9. The molecule has 1 saturated heterocycles. The molecule has 0 radical (unpaired) electrons. The number of piperazine rings is 1. The van der Waals surface area contributed by atoms with Gasteiger partial charge in [0.1, 0.15) is 0 Å². The first kappa shape index (κ1) is 24.8. The minimum absolute atomic E-state index is 0.0729. The fourth-order valence-corrected chi connectivity index (χ4v) is 5.74. The molecule has 0 saturated carbocycles. The number of para-hydroxylation sites is 2. The lowest BCUT2D eigenvalue weighted by Gasteiger charge is -2.36. The number of anilines is 1. The van der Waals surface area contributed by atoms with Crippen molar-refractivity contribution in [2.75, 3.05) is 37.9 Å². The summed E-state index contributed by atoms with van der Waals surface area (Å²) in [6, 6.07) is 18.8. The van der Waals surface area contributed by atoms with Gasteiger partial charge in [-0.25, -0.2) is 0 Å². The Labute approximate surface area is 226 Å². The van der Waals surface area contributed by atoms with Gasteiger partial charge in [0, 0.05) is 79.0 Å². The van der Waals surface area contributed by atoms with Crippen molar-refractivity contribution >= 4 is 28.2 Å². The molecule has 0 spiro atoms. The van der Waals surface area contributed by atoms with E-state index in [4.69, 9.17) is 9.47 Å². The van der Waals surface area contributed by atoms with E-state index in [0.717, 1.165) is 34.1 Å². The Hall–Kier alpha value is -4.53. The van der Waals surface area contributed by atoms with Gasteiger partial charge in [0.05, 0.1) is 4.92 Å². The minimum Gasteiger partial charge on any atom is -0.454 e. The van der Waals surface area contributed by atoms with Crippen LogP contribution in [0.4, 0.5) is 11.4 Å². The molecule has 9 nitrogen and oxygen atoms in total. The first-order valence-corrected chi connectivity index (χ1v) is 13.3. The Kier molecular flexibility index (Phi) is 6.56. The summed E-state index contributed by atoms with van der Waals surface area (Å²) >= 11 is 0. The lowest BCUT2D eigenvalue weighted by Crippen LogP contribution is -2.49. The molecule has 1 aromatic heterocycles. The number of H-pyrrole nitrogens is 1. The van der Waals surface area contributed by atoms with Gasteiger partial charge < -0.3 is 24.3 Å². The Morgan fingerprint density at radius 1 is 1.00 bits per heavy atom. The Balaban J connectivity index is 1.25. The summed E-state index contributed by atoms with van der Waals surface area (Å²) < 4.78 is 11.5. The van der Waals surface area contributed by atoms with Crippen molar-refractivity contribution in [1.29, 1.82) is 0 Å². The molecular weight excluding hydrogens is 496 g/mol. The van der Waals surface area contributed by atoms with Gasteiger partial charge in [0.25, 0.3) is 5.69 Å². The predicted molar refractivity (Wildman–Crippen MR) is 149 cm³/mol. The number of hydrogen-bond donors (Lipinski definition) is 1. The van der Waals surface area contributed by atoms with Crippen LogP contribution in [0.5, 0.6) is 11.5 Å². The van der Waals surface area contributed by atoms with Crippen LogP contribution < -0.4 is 14.4 Å². The number of nitrogens with one attached hydrogen (secondary N) is 1. The number of non-ortho nitro benzene ring substituents is 1. The highest BCUT2D eigenvalue weighted by atomic mass is 16.7. The average Bonchev–Trinajstić information content (AvgIpc) is 3.63. The fraction of sp³-hybridized carbons (Fsp3) is 0.300. The molecule has 2 aliphatic heterocycles. The molecule has 2 aliphatic rings. The zero-order valence-corrected chi connectivity index (χ0v) is 21.8. The van der Waals surface area contributed by atoms with E-state index in [9.17, 15) is 14.9 Å². The van der Waals surface area contributed by atoms with E-state index < -0.39 is 4.92 Å². The standard InChI is InChI=1S/C30H30N4O5/c1-2-20-5-3-6-23-26(18-31-29(20)23)25(24-7-4-8-27-30(24)39-19-38-27)17-28(35)33-15-13-32(14-16-33)21-9-11-22(12-10-21)34(36)37/h3-12,18,25,31H,2,13-17,19H2,1H3/t25-/m1/s1. The number of ether oxygens (including phenoxy) is 2. The molecular formula is C30H30N4O5. The van der Waals surface area contributed by atoms with Crippen LogP contribution in [0.15, 0.2) is 66.9 Å². The molecule has 1 amide bonds. The van der Waals surface area contributed by atoms with E-state index in [1.807, 2.05) is 29.3 Å². The summed E-state index contributed by atoms with van der Waals surface area (Å²) in [7, 11) is 0. The number of fused-ring (bicyclic) bond motifs is 2. The molecule has 9 heteroatoms. The number of nitrogens with zero attached hydrogens (tertiary/aromatic N) is 3. The maximum Gasteiger partial charge on any atom is 0.269 e. The van der Waals surface area contributed by atoms with E-state index in [2.05, 4.69) is 35.0 Å². The van der Waals surface area contributed by atoms with Crippen molar-refractivity contribution in [3.05, 3.63) is 93.7 Å². The van der Waals surface area contributed by atoms with Crippen molar-refractivity contribution in [3.63, 3.8) is 0 Å². The third kappa shape index (κ3) is 4.65. The molecule has 1 fully saturated rings. The van der Waals surface area contributed by atoms with Gasteiger partial charge in [0.15, 0.2) is 11.5 Å². The lowest BCUT2D eigenvalue weighted by atomic mass is 9.86. The fourth-order valence-electron chi connectivity index (χ4n) is 5.74. The van der Waals surface area contributed by atoms with Gasteiger partial charge in [-0.3, -0.25) is 14.9 Å². The van der Waals surface area contributed by atoms with Crippen molar-refractivity contribution < 1.29 is 19.2 Å². The molecule has 3 aromatic carbocycles. The molecule has 0 bridgehead atoms. The number of nitro groups is 1. The summed E-state index contributed by atoms with van der Waals surface area (Å²) in [4.78, 5) is 31.9. The second-order valence-corrected chi connectivity index (χ2v) is 9.92. The second-order valence-electron chi connectivity index (χ2n) is 9.92. The predicted octanol–water partition coefficient (Wildman–Crippen LogP) is 5.24. The van der Waals surface area contributed by atoms with Crippen LogP contribution >= 0.6 is 0 Å². The molecule has 4 aromatic rings. The zero-order valence-electron chi connectivity index (χ0n) is 21.8. The number of benzene rings is 3. The average molecular weight is 527 g/mol. The number of nitro benzene ring substituents is 1. The van der Waals surface area contributed by atoms with Crippen LogP contribution in [0.25, 0.3) is 10.9 Å². The molecule has 3 heterocycles. The summed E-state index contributed by atoms with van der Waals surface area (Å²) in [6.07, 6.45) is 3.25. The van der Waals surface area contributed by atoms with E-state index in [0.29, 0.717) is 44.1 Å². The number of carbonyl (C=O) groups is 1. The topological polar surface area (TPSA) is 101 Å². The Morgan fingerprint density at radius 2 is 1.77 bits per heavy atom. The van der Waals surface area contributed by atoms with E-state index in [1.165, 1.54) is 17.7 Å². The first-order chi connectivity index (χ1) is 19.0. The lowest BCUT2D eigenvalue weighted by molar-refractivity contribution is -0.384. The molecule has 1 N–H and O–H groups in total. The van der Waals surface area contributed by atoms with Crippen LogP contribution in [-0.2, 0) is 11.2 Å². The summed E-state index contributed by atoms with van der Waals surface area (Å²) in [5, 5.41) is 12.1. The van der Waals surface area contributed by atoms with Gasteiger partial charge in [-0.05, 0) is 35.7 Å². The van der Waals surface area contributed by atoms with Gasteiger partial charge in [-0.15, -0.1) is 0 Å². The summed E-state index contributed by atoms with van der Waals surface area (Å²) in [5.41, 5.74) is 5.36. The van der Waals surface area contributed by atoms with Gasteiger partial charge in [-0.2, -0.15) is 0 Å². The van der Waals surface area contributed by atoms with Gasteiger partial charge in [-0.1, -0.05) is 37.3 Å². The van der Waals surface area contributed by atoms with Crippen molar-refractivity contribution in [3.8, 4) is 11.5 Å². The van der Waals surface area contributed by atoms with Gasteiger partial charge >= 0.3 is 0 Å². The number of rotatable bonds is 7. The quantitative estimate of drug-likeness (QED) is 0.261. The van der Waals surface area contributed by atoms with Crippen LogP contribution in [-0.4, -0.2) is 53.7 Å². The van der Waals surface area contributed by atoms with E-state index in [-0.39, 0.29) is 24.3 Å². The molecule has 6 rings (SSSR count). The maximum absolute atomic E-state index is 13.7. The normalized spacial score (nSPS) is 15.5. The van der Waals surface area contributed by atoms with Crippen LogP contribution in [0.3, 0.4) is 0 Å². The van der Waals surface area contributed by atoms with Crippen molar-refractivity contribution in [2.24, 2.45) is 0 Å². The Morgan fingerprint density at radius 3 is 2.51 bits per heavy atom. The molecule has 1 atom stereocenters. The number of aromatic nitrogens is 1. The Bertz CT molecular complexity index is 1520. The largest absolute Gasteiger partial charge is 0.454 e. The third-order valence-electron chi connectivity index (χ3n) is 7.83. The molecule has 0 unspecified atom stereocenters. The maximum atomic E-state index is 13.7. The molecule has 0 aliphatic carbocycles. The minimum atomic E-state index is -0.396. The number of aryl methyl sites for hydroxylation is 1. The van der Waals surface area contributed by atoms with E-state index in [1.54, 1.807) is 12.1 Å². The second kappa shape index (κ2) is 10.3. The number of hydrogen-bond acceptors (Lipinski definition) is 6. The van der Waals surface area contributed by atoms with Gasteiger partial charge in [0.2, 0.25) is 12.7 Å². The highest BCUT2D eigenvalue weighted by Gasteiger charge is 2.31. The number of aromatic amines is 1. The monoisotopic (exact) mass is 526 g/mol. The van der Waals surface area contributed by atoms with Crippen LogP contribution in [0.2, 0.25) is 0 Å². The highest BCUT2D eigenvalue weighted by Crippen LogP contribution is 2.44. The smallest absolute Gasteiger partial charge is 0.269 e.